The summed E-state index contributed by atoms with van der Waals surface area (Å²) in [5, 5.41) is 2.75. The lowest BCUT2D eigenvalue weighted by Crippen LogP contribution is -2.29. The summed E-state index contributed by atoms with van der Waals surface area (Å²) in [6.45, 7) is 5.55. The molecule has 0 saturated carbocycles. The summed E-state index contributed by atoms with van der Waals surface area (Å²) in [4.78, 5) is 24.2. The number of rotatable bonds is 6. The number of carbonyl (C=O) groups excluding carboxylic acids is 2. The summed E-state index contributed by atoms with van der Waals surface area (Å²) >= 11 is 5.69. The van der Waals surface area contributed by atoms with Crippen LogP contribution in [0, 0.1) is 5.82 Å². The summed E-state index contributed by atoms with van der Waals surface area (Å²) in [6, 6.07) is 11.5. The van der Waals surface area contributed by atoms with Crippen LogP contribution in [0.2, 0.25) is 5.02 Å². The van der Waals surface area contributed by atoms with Crippen molar-refractivity contribution in [3.8, 4) is 0 Å². The maximum Gasteiger partial charge on any atom is 0.331 e. The fourth-order valence-electron chi connectivity index (χ4n) is 2.40. The molecule has 0 aliphatic carbocycles. The molecule has 27 heavy (non-hydrogen) atoms. The highest BCUT2D eigenvalue weighted by molar-refractivity contribution is 6.30. The van der Waals surface area contributed by atoms with E-state index in [1.807, 2.05) is 32.0 Å². The molecule has 0 aliphatic heterocycles. The fourth-order valence-corrected chi connectivity index (χ4v) is 2.58. The number of halogens is 2. The number of esters is 1. The molecule has 2 aromatic rings. The standard InChI is InChI=1S/C21H21ClFNO3/c1-13(2)16-6-4-5-7-19(16)24-21(26)14(3)27-20(25)11-9-15-8-10-18(23)17(22)12-15/h4-14H,1-3H3,(H,24,26)/b11-9+/t14-/m0/s1. The second kappa shape index (κ2) is 9.33. The second-order valence-corrected chi connectivity index (χ2v) is 6.72. The van der Waals surface area contributed by atoms with Gasteiger partial charge >= 0.3 is 5.97 Å². The molecule has 0 fully saturated rings. The molecule has 1 atom stereocenters. The Morgan fingerprint density at radius 3 is 2.52 bits per heavy atom. The van der Waals surface area contributed by atoms with E-state index in [1.54, 1.807) is 6.07 Å². The minimum atomic E-state index is -0.973. The van der Waals surface area contributed by atoms with Crippen LogP contribution in [-0.2, 0) is 14.3 Å². The summed E-state index contributed by atoms with van der Waals surface area (Å²) in [5.74, 6) is -1.40. The molecular formula is C21H21ClFNO3. The van der Waals surface area contributed by atoms with Crippen molar-refractivity contribution < 1.29 is 18.7 Å². The van der Waals surface area contributed by atoms with Gasteiger partial charge in [-0.2, -0.15) is 0 Å². The van der Waals surface area contributed by atoms with Gasteiger partial charge in [-0.25, -0.2) is 9.18 Å². The van der Waals surface area contributed by atoms with Gasteiger partial charge in [-0.15, -0.1) is 0 Å². The normalized spacial score (nSPS) is 12.2. The number of benzene rings is 2. The fraction of sp³-hybridized carbons (Fsp3) is 0.238. The average molecular weight is 390 g/mol. The van der Waals surface area contributed by atoms with Crippen molar-refractivity contribution in [3.63, 3.8) is 0 Å². The number of anilines is 1. The predicted octanol–water partition coefficient (Wildman–Crippen LogP) is 5.19. The van der Waals surface area contributed by atoms with Gasteiger partial charge in [0.1, 0.15) is 5.82 Å². The molecule has 2 rings (SSSR count). The topological polar surface area (TPSA) is 55.4 Å². The van der Waals surface area contributed by atoms with Crippen LogP contribution in [0.1, 0.15) is 37.8 Å². The van der Waals surface area contributed by atoms with Crippen molar-refractivity contribution in [2.45, 2.75) is 32.8 Å². The highest BCUT2D eigenvalue weighted by Crippen LogP contribution is 2.24. The number of ether oxygens (including phenoxy) is 1. The Morgan fingerprint density at radius 2 is 1.85 bits per heavy atom. The highest BCUT2D eigenvalue weighted by atomic mass is 35.5. The van der Waals surface area contributed by atoms with Crippen molar-refractivity contribution in [2.75, 3.05) is 5.32 Å². The Morgan fingerprint density at radius 1 is 1.15 bits per heavy atom. The van der Waals surface area contributed by atoms with E-state index in [-0.39, 0.29) is 10.9 Å². The molecule has 2 aromatic carbocycles. The van der Waals surface area contributed by atoms with Gasteiger partial charge in [-0.1, -0.05) is 49.7 Å². The number of carbonyl (C=O) groups is 2. The number of hydrogen-bond acceptors (Lipinski definition) is 3. The maximum atomic E-state index is 13.1. The lowest BCUT2D eigenvalue weighted by atomic mass is 10.0. The van der Waals surface area contributed by atoms with Crippen LogP contribution in [-0.4, -0.2) is 18.0 Å². The second-order valence-electron chi connectivity index (χ2n) is 6.32. The van der Waals surface area contributed by atoms with Gasteiger partial charge in [0, 0.05) is 11.8 Å². The van der Waals surface area contributed by atoms with Crippen molar-refractivity contribution in [2.24, 2.45) is 0 Å². The Labute approximate surface area is 163 Å². The average Bonchev–Trinajstić information content (AvgIpc) is 2.63. The smallest absolute Gasteiger partial charge is 0.331 e. The molecule has 142 valence electrons. The summed E-state index contributed by atoms with van der Waals surface area (Å²) in [7, 11) is 0. The summed E-state index contributed by atoms with van der Waals surface area (Å²) in [6.07, 6.45) is 1.63. The third-order valence-corrected chi connectivity index (χ3v) is 4.15. The van der Waals surface area contributed by atoms with Crippen LogP contribution in [0.5, 0.6) is 0 Å². The van der Waals surface area contributed by atoms with E-state index in [0.29, 0.717) is 11.3 Å². The van der Waals surface area contributed by atoms with Crippen LogP contribution in [0.4, 0.5) is 10.1 Å². The Bertz CT molecular complexity index is 864. The van der Waals surface area contributed by atoms with Crippen LogP contribution in [0.15, 0.2) is 48.5 Å². The van der Waals surface area contributed by atoms with Gasteiger partial charge in [-0.05, 0) is 48.2 Å². The van der Waals surface area contributed by atoms with Crippen LogP contribution in [0.25, 0.3) is 6.08 Å². The molecule has 1 amide bonds. The van der Waals surface area contributed by atoms with Gasteiger partial charge in [0.2, 0.25) is 0 Å². The molecule has 0 spiro atoms. The Hall–Kier alpha value is -2.66. The van der Waals surface area contributed by atoms with Crippen molar-refractivity contribution >= 4 is 35.2 Å². The van der Waals surface area contributed by atoms with Crippen LogP contribution >= 0.6 is 11.6 Å². The molecule has 0 aliphatic rings. The van der Waals surface area contributed by atoms with E-state index in [1.165, 1.54) is 31.2 Å². The lowest BCUT2D eigenvalue weighted by Gasteiger charge is -2.16. The van der Waals surface area contributed by atoms with E-state index in [4.69, 9.17) is 16.3 Å². The first-order valence-electron chi connectivity index (χ1n) is 8.51. The largest absolute Gasteiger partial charge is 0.449 e. The Balaban J connectivity index is 1.96. The number of hydrogen-bond donors (Lipinski definition) is 1. The monoisotopic (exact) mass is 389 g/mol. The minimum absolute atomic E-state index is 0.0397. The highest BCUT2D eigenvalue weighted by Gasteiger charge is 2.18. The van der Waals surface area contributed by atoms with E-state index < -0.39 is 23.8 Å². The first-order valence-corrected chi connectivity index (χ1v) is 8.89. The molecule has 1 N–H and O–H groups in total. The van der Waals surface area contributed by atoms with Crippen molar-refractivity contribution in [3.05, 3.63) is 70.5 Å². The molecule has 0 radical (unpaired) electrons. The van der Waals surface area contributed by atoms with Gasteiger partial charge in [-0.3, -0.25) is 4.79 Å². The van der Waals surface area contributed by atoms with Crippen molar-refractivity contribution in [1.29, 1.82) is 0 Å². The maximum absolute atomic E-state index is 13.1. The number of nitrogens with one attached hydrogen (secondary N) is 1. The zero-order chi connectivity index (χ0) is 20.0. The molecule has 0 saturated heterocycles. The van der Waals surface area contributed by atoms with Gasteiger partial charge in [0.15, 0.2) is 6.10 Å². The summed E-state index contributed by atoms with van der Waals surface area (Å²) in [5.41, 5.74) is 2.23. The molecule has 4 nitrogen and oxygen atoms in total. The van der Waals surface area contributed by atoms with E-state index in [0.717, 1.165) is 11.6 Å². The molecular weight excluding hydrogens is 369 g/mol. The SMILES string of the molecule is CC(C)c1ccccc1NC(=O)[C@H](C)OC(=O)/C=C/c1ccc(F)c(Cl)c1. The third kappa shape index (κ3) is 5.93. The van der Waals surface area contributed by atoms with Gasteiger partial charge < -0.3 is 10.1 Å². The van der Waals surface area contributed by atoms with E-state index in [9.17, 15) is 14.0 Å². The zero-order valence-electron chi connectivity index (χ0n) is 15.3. The number of para-hydroxylation sites is 1. The molecule has 6 heteroatoms. The quantitative estimate of drug-likeness (QED) is 0.546. The van der Waals surface area contributed by atoms with Gasteiger partial charge in [0.05, 0.1) is 5.02 Å². The third-order valence-electron chi connectivity index (χ3n) is 3.86. The minimum Gasteiger partial charge on any atom is -0.449 e. The molecule has 0 bridgehead atoms. The van der Waals surface area contributed by atoms with Crippen LogP contribution < -0.4 is 5.32 Å². The summed E-state index contributed by atoms with van der Waals surface area (Å²) < 4.78 is 18.2. The predicted molar refractivity (Wildman–Crippen MR) is 105 cm³/mol. The van der Waals surface area contributed by atoms with E-state index in [2.05, 4.69) is 5.32 Å². The molecule has 0 unspecified atom stereocenters. The Kier molecular flexibility index (Phi) is 7.13. The van der Waals surface area contributed by atoms with E-state index >= 15 is 0 Å². The lowest BCUT2D eigenvalue weighted by molar-refractivity contribution is -0.148. The first-order chi connectivity index (χ1) is 12.8. The first kappa shape index (κ1) is 20.6. The van der Waals surface area contributed by atoms with Crippen LogP contribution in [0.3, 0.4) is 0 Å². The molecule has 0 heterocycles. The molecule has 0 aromatic heterocycles. The van der Waals surface area contributed by atoms with Gasteiger partial charge in [0.25, 0.3) is 5.91 Å². The number of amides is 1. The zero-order valence-corrected chi connectivity index (χ0v) is 16.1. The van der Waals surface area contributed by atoms with Crippen molar-refractivity contribution in [1.82, 2.24) is 0 Å².